The highest BCUT2D eigenvalue weighted by molar-refractivity contribution is 7.99. The third-order valence-electron chi connectivity index (χ3n) is 3.07. The Labute approximate surface area is 118 Å². The third kappa shape index (κ3) is 5.03. The summed E-state index contributed by atoms with van der Waals surface area (Å²) in [6, 6.07) is 7.24. The Hall–Kier alpha value is -1.36. The van der Waals surface area contributed by atoms with Gasteiger partial charge in [-0.15, -0.1) is 0 Å². The van der Waals surface area contributed by atoms with Crippen LogP contribution < -0.4 is 15.8 Å². The van der Waals surface area contributed by atoms with Crippen LogP contribution >= 0.6 is 11.8 Å². The van der Waals surface area contributed by atoms with Crippen LogP contribution in [-0.4, -0.2) is 30.6 Å². The van der Waals surface area contributed by atoms with Crippen molar-refractivity contribution in [1.82, 2.24) is 5.32 Å². The van der Waals surface area contributed by atoms with E-state index in [2.05, 4.69) is 5.32 Å². The van der Waals surface area contributed by atoms with E-state index in [0.717, 1.165) is 6.54 Å². The van der Waals surface area contributed by atoms with Gasteiger partial charge < -0.3 is 15.8 Å². The lowest BCUT2D eigenvalue weighted by molar-refractivity contribution is -0.121. The van der Waals surface area contributed by atoms with E-state index in [1.807, 2.05) is 23.9 Å². The third-order valence-corrected chi connectivity index (χ3v) is 4.30. The van der Waals surface area contributed by atoms with Gasteiger partial charge in [0.1, 0.15) is 5.75 Å². The summed E-state index contributed by atoms with van der Waals surface area (Å²) in [5, 5.41) is 2.97. The molecule has 5 heteroatoms. The summed E-state index contributed by atoms with van der Waals surface area (Å²) in [6.45, 7) is 1.18. The number of nitrogen functional groups attached to an aromatic ring is 1. The molecular weight excluding hydrogens is 260 g/mol. The van der Waals surface area contributed by atoms with Crippen molar-refractivity contribution in [3.63, 3.8) is 0 Å². The average molecular weight is 280 g/mol. The molecule has 2 rings (SSSR count). The first-order valence-electron chi connectivity index (χ1n) is 6.57. The fourth-order valence-corrected chi connectivity index (χ4v) is 3.24. The van der Waals surface area contributed by atoms with Crippen LogP contribution in [-0.2, 0) is 4.79 Å². The number of thioether (sulfide) groups is 1. The molecule has 1 fully saturated rings. The lowest BCUT2D eigenvalue weighted by Crippen LogP contribution is -2.30. The largest absolute Gasteiger partial charge is 0.493 e. The molecule has 1 aromatic rings. The minimum absolute atomic E-state index is 0.0563. The van der Waals surface area contributed by atoms with Gasteiger partial charge in [-0.3, -0.25) is 4.79 Å². The molecular formula is C14H20N2O2S. The van der Waals surface area contributed by atoms with Crippen LogP contribution in [0.5, 0.6) is 5.75 Å². The number of anilines is 1. The van der Waals surface area contributed by atoms with Crippen LogP contribution in [0.25, 0.3) is 0 Å². The number of nitrogens with two attached hydrogens (primary N) is 1. The standard InChI is InChI=1S/C14H20N2O2S/c15-12-2-1-3-13(8-12)18-6-4-14(17)16-9-11-5-7-19-10-11/h1-3,8,11H,4-7,9-10,15H2,(H,16,17). The maximum Gasteiger partial charge on any atom is 0.223 e. The van der Waals surface area contributed by atoms with Crippen molar-refractivity contribution in [2.45, 2.75) is 12.8 Å². The zero-order valence-corrected chi connectivity index (χ0v) is 11.7. The average Bonchev–Trinajstić information content (AvgIpc) is 2.89. The van der Waals surface area contributed by atoms with Crippen LogP contribution in [0, 0.1) is 5.92 Å². The zero-order chi connectivity index (χ0) is 13.5. The number of carbonyl (C=O) groups excluding carboxylic acids is 1. The Morgan fingerprint density at radius 3 is 3.16 bits per heavy atom. The van der Waals surface area contributed by atoms with Gasteiger partial charge in [0.15, 0.2) is 0 Å². The monoisotopic (exact) mass is 280 g/mol. The summed E-state index contributed by atoms with van der Waals surface area (Å²) < 4.78 is 5.48. The summed E-state index contributed by atoms with van der Waals surface area (Å²) >= 11 is 1.96. The molecule has 1 saturated heterocycles. The van der Waals surface area contributed by atoms with Crippen molar-refractivity contribution in [3.05, 3.63) is 24.3 Å². The molecule has 1 amide bonds. The van der Waals surface area contributed by atoms with Gasteiger partial charge in [-0.25, -0.2) is 0 Å². The minimum Gasteiger partial charge on any atom is -0.493 e. The van der Waals surface area contributed by atoms with E-state index in [9.17, 15) is 4.79 Å². The first-order valence-corrected chi connectivity index (χ1v) is 7.72. The van der Waals surface area contributed by atoms with Crippen molar-refractivity contribution in [2.24, 2.45) is 5.92 Å². The molecule has 0 radical (unpaired) electrons. The van der Waals surface area contributed by atoms with Crippen molar-refractivity contribution >= 4 is 23.4 Å². The van der Waals surface area contributed by atoms with Crippen molar-refractivity contribution in [1.29, 1.82) is 0 Å². The van der Waals surface area contributed by atoms with Gasteiger partial charge in [0.2, 0.25) is 5.91 Å². The summed E-state index contributed by atoms with van der Waals surface area (Å²) in [6.07, 6.45) is 1.60. The minimum atomic E-state index is 0.0563. The Kier molecular flexibility index (Phi) is 5.39. The second-order valence-electron chi connectivity index (χ2n) is 4.70. The van der Waals surface area contributed by atoms with Crippen LogP contribution in [0.3, 0.4) is 0 Å². The molecule has 1 atom stereocenters. The van der Waals surface area contributed by atoms with E-state index >= 15 is 0 Å². The molecule has 19 heavy (non-hydrogen) atoms. The molecule has 3 N–H and O–H groups in total. The van der Waals surface area contributed by atoms with Crippen molar-refractivity contribution < 1.29 is 9.53 Å². The van der Waals surface area contributed by atoms with E-state index in [0.29, 0.717) is 30.4 Å². The lowest BCUT2D eigenvalue weighted by Gasteiger charge is -2.10. The highest BCUT2D eigenvalue weighted by atomic mass is 32.2. The number of hydrogen-bond acceptors (Lipinski definition) is 4. The number of amides is 1. The number of carbonyl (C=O) groups is 1. The number of benzene rings is 1. The predicted octanol–water partition coefficient (Wildman–Crippen LogP) is 1.91. The highest BCUT2D eigenvalue weighted by Crippen LogP contribution is 2.22. The van der Waals surface area contributed by atoms with Gasteiger partial charge in [-0.2, -0.15) is 11.8 Å². The van der Waals surface area contributed by atoms with Crippen LogP contribution in [0.15, 0.2) is 24.3 Å². The van der Waals surface area contributed by atoms with E-state index in [-0.39, 0.29) is 5.91 Å². The molecule has 1 unspecified atom stereocenters. The Balaban J connectivity index is 1.60. The molecule has 0 aliphatic carbocycles. The molecule has 0 saturated carbocycles. The molecule has 104 valence electrons. The molecule has 1 heterocycles. The quantitative estimate of drug-likeness (QED) is 0.781. The lowest BCUT2D eigenvalue weighted by atomic mass is 10.1. The summed E-state index contributed by atoms with van der Waals surface area (Å²) in [5.41, 5.74) is 6.31. The van der Waals surface area contributed by atoms with Crippen LogP contribution in [0.2, 0.25) is 0 Å². The van der Waals surface area contributed by atoms with E-state index < -0.39 is 0 Å². The van der Waals surface area contributed by atoms with Crippen LogP contribution in [0.1, 0.15) is 12.8 Å². The molecule has 0 bridgehead atoms. The Bertz CT molecular complexity index is 420. The number of ether oxygens (including phenoxy) is 1. The SMILES string of the molecule is Nc1cccc(OCCC(=O)NCC2CCSC2)c1. The van der Waals surface area contributed by atoms with Gasteiger partial charge in [0.05, 0.1) is 13.0 Å². The number of hydrogen-bond donors (Lipinski definition) is 2. The summed E-state index contributed by atoms with van der Waals surface area (Å²) in [4.78, 5) is 11.6. The molecule has 1 aliphatic rings. The maximum absolute atomic E-state index is 11.6. The second kappa shape index (κ2) is 7.28. The predicted molar refractivity (Wildman–Crippen MR) is 79.4 cm³/mol. The molecule has 1 aromatic carbocycles. The smallest absolute Gasteiger partial charge is 0.223 e. The zero-order valence-electron chi connectivity index (χ0n) is 10.9. The first-order chi connectivity index (χ1) is 9.24. The Morgan fingerprint density at radius 1 is 1.53 bits per heavy atom. The van der Waals surface area contributed by atoms with Crippen molar-refractivity contribution in [3.8, 4) is 5.75 Å². The molecule has 0 aromatic heterocycles. The number of rotatable bonds is 6. The maximum atomic E-state index is 11.6. The topological polar surface area (TPSA) is 64.3 Å². The summed E-state index contributed by atoms with van der Waals surface area (Å²) in [7, 11) is 0. The Morgan fingerprint density at radius 2 is 2.42 bits per heavy atom. The van der Waals surface area contributed by atoms with Gasteiger partial charge in [-0.1, -0.05) is 6.07 Å². The molecule has 1 aliphatic heterocycles. The fraction of sp³-hybridized carbons (Fsp3) is 0.500. The van der Waals surface area contributed by atoms with Gasteiger partial charge >= 0.3 is 0 Å². The van der Waals surface area contributed by atoms with Crippen LogP contribution in [0.4, 0.5) is 5.69 Å². The highest BCUT2D eigenvalue weighted by Gasteiger charge is 2.15. The fourth-order valence-electron chi connectivity index (χ4n) is 1.96. The van der Waals surface area contributed by atoms with E-state index in [4.69, 9.17) is 10.5 Å². The number of nitrogens with one attached hydrogen (secondary N) is 1. The van der Waals surface area contributed by atoms with Gasteiger partial charge in [-0.05, 0) is 36.0 Å². The van der Waals surface area contributed by atoms with Crippen molar-refractivity contribution in [2.75, 3.05) is 30.4 Å². The van der Waals surface area contributed by atoms with E-state index in [1.165, 1.54) is 17.9 Å². The summed E-state index contributed by atoms with van der Waals surface area (Å²) in [5.74, 6) is 3.80. The van der Waals surface area contributed by atoms with Gasteiger partial charge in [0.25, 0.3) is 0 Å². The molecule has 0 spiro atoms. The second-order valence-corrected chi connectivity index (χ2v) is 5.85. The van der Waals surface area contributed by atoms with Gasteiger partial charge in [0, 0.05) is 18.3 Å². The first kappa shape index (κ1) is 14.1. The normalized spacial score (nSPS) is 18.2. The van der Waals surface area contributed by atoms with E-state index in [1.54, 1.807) is 12.1 Å². The molecule has 4 nitrogen and oxygen atoms in total.